The fourth-order valence-corrected chi connectivity index (χ4v) is 2.43. The number of carbonyl (C=O) groups excluding carboxylic acids is 2. The Morgan fingerprint density at radius 1 is 1.38 bits per heavy atom. The van der Waals surface area contributed by atoms with Gasteiger partial charge in [0.1, 0.15) is 5.75 Å². The molecular weight excluding hydrogens is 270 g/mol. The number of ether oxygens (including phenoxy) is 1. The van der Waals surface area contributed by atoms with Gasteiger partial charge in [-0.1, -0.05) is 12.5 Å². The van der Waals surface area contributed by atoms with E-state index in [1.165, 1.54) is 0 Å². The van der Waals surface area contributed by atoms with Crippen LogP contribution in [0.4, 0.5) is 5.69 Å². The van der Waals surface area contributed by atoms with Crippen molar-refractivity contribution in [1.29, 1.82) is 0 Å². The number of nitrogens with one attached hydrogen (secondary N) is 2. The molecule has 4 N–H and O–H groups in total. The summed E-state index contributed by atoms with van der Waals surface area (Å²) in [6.07, 6.45) is 2.72. The summed E-state index contributed by atoms with van der Waals surface area (Å²) in [5.74, 6) is 0.150. The van der Waals surface area contributed by atoms with Gasteiger partial charge in [-0.25, -0.2) is 0 Å². The third-order valence-electron chi connectivity index (χ3n) is 3.66. The van der Waals surface area contributed by atoms with Crippen LogP contribution in [0.5, 0.6) is 5.75 Å². The van der Waals surface area contributed by atoms with Crippen molar-refractivity contribution in [1.82, 2.24) is 5.32 Å². The van der Waals surface area contributed by atoms with Crippen molar-refractivity contribution in [3.63, 3.8) is 0 Å². The van der Waals surface area contributed by atoms with Gasteiger partial charge >= 0.3 is 0 Å². The van der Waals surface area contributed by atoms with Crippen LogP contribution in [0.2, 0.25) is 0 Å². The molecule has 114 valence electrons. The summed E-state index contributed by atoms with van der Waals surface area (Å²) in [5.41, 5.74) is 6.58. The highest BCUT2D eigenvalue weighted by Crippen LogP contribution is 2.26. The van der Waals surface area contributed by atoms with Crippen LogP contribution in [0.3, 0.4) is 0 Å². The maximum Gasteiger partial charge on any atom is 0.257 e. The molecule has 0 aliphatic heterocycles. The van der Waals surface area contributed by atoms with Crippen molar-refractivity contribution < 1.29 is 14.3 Å². The summed E-state index contributed by atoms with van der Waals surface area (Å²) in [6.45, 7) is -0.0542. The Bertz CT molecular complexity index is 519. The second-order valence-electron chi connectivity index (χ2n) is 5.18. The molecular formula is C15H21N3O3. The zero-order valence-electron chi connectivity index (χ0n) is 12.1. The van der Waals surface area contributed by atoms with Gasteiger partial charge in [0.15, 0.2) is 6.61 Å². The van der Waals surface area contributed by atoms with Crippen molar-refractivity contribution in [2.45, 2.75) is 25.3 Å². The van der Waals surface area contributed by atoms with Gasteiger partial charge in [0.25, 0.3) is 5.91 Å². The second-order valence-corrected chi connectivity index (χ2v) is 5.18. The Labute approximate surface area is 124 Å². The third kappa shape index (κ3) is 4.19. The number of carbonyl (C=O) groups is 2. The van der Waals surface area contributed by atoms with E-state index in [0.29, 0.717) is 11.4 Å². The minimum absolute atomic E-state index is 0.0524. The van der Waals surface area contributed by atoms with E-state index in [1.807, 2.05) is 0 Å². The van der Waals surface area contributed by atoms with Crippen molar-refractivity contribution in [3.8, 4) is 5.75 Å². The normalized spacial score (nSPS) is 20.9. The van der Waals surface area contributed by atoms with Crippen molar-refractivity contribution >= 4 is 17.5 Å². The average molecular weight is 291 g/mol. The molecule has 1 aromatic carbocycles. The number of nitrogens with two attached hydrogens (primary N) is 1. The number of hydrogen-bond acceptors (Lipinski definition) is 4. The number of amides is 2. The lowest BCUT2D eigenvalue weighted by molar-refractivity contribution is -0.122. The fourth-order valence-electron chi connectivity index (χ4n) is 2.43. The summed E-state index contributed by atoms with van der Waals surface area (Å²) in [6, 6.07) is 6.92. The van der Waals surface area contributed by atoms with Crippen LogP contribution in [0, 0.1) is 5.92 Å². The summed E-state index contributed by atoms with van der Waals surface area (Å²) in [4.78, 5) is 23.3. The first-order valence-corrected chi connectivity index (χ1v) is 7.10. The van der Waals surface area contributed by atoms with Crippen LogP contribution in [-0.4, -0.2) is 31.5 Å². The lowest BCUT2D eigenvalue weighted by atomic mass is 10.0. The molecule has 0 spiro atoms. The Balaban J connectivity index is 1.94. The number of rotatable bonds is 5. The fraction of sp³-hybridized carbons (Fsp3) is 0.467. The third-order valence-corrected chi connectivity index (χ3v) is 3.66. The van der Waals surface area contributed by atoms with Crippen LogP contribution < -0.4 is 21.1 Å². The van der Waals surface area contributed by atoms with Gasteiger partial charge in [-0.2, -0.15) is 0 Å². The molecule has 1 aliphatic rings. The van der Waals surface area contributed by atoms with Crippen LogP contribution in [-0.2, 0) is 9.59 Å². The molecule has 6 heteroatoms. The van der Waals surface area contributed by atoms with Gasteiger partial charge < -0.3 is 21.1 Å². The molecule has 0 aromatic heterocycles. The molecule has 1 aromatic rings. The molecule has 2 unspecified atom stereocenters. The Hall–Kier alpha value is -2.08. The maximum absolute atomic E-state index is 12.2. The van der Waals surface area contributed by atoms with Gasteiger partial charge in [0.05, 0.1) is 5.92 Å². The van der Waals surface area contributed by atoms with Crippen molar-refractivity contribution in [3.05, 3.63) is 24.3 Å². The molecule has 21 heavy (non-hydrogen) atoms. The Morgan fingerprint density at radius 2 is 2.19 bits per heavy atom. The van der Waals surface area contributed by atoms with E-state index in [-0.39, 0.29) is 30.4 Å². The Morgan fingerprint density at radius 3 is 2.86 bits per heavy atom. The van der Waals surface area contributed by atoms with E-state index >= 15 is 0 Å². The van der Waals surface area contributed by atoms with Crippen LogP contribution >= 0.6 is 0 Å². The highest BCUT2D eigenvalue weighted by Gasteiger charge is 2.30. The summed E-state index contributed by atoms with van der Waals surface area (Å²) in [5, 5.41) is 5.33. The highest BCUT2D eigenvalue weighted by molar-refractivity contribution is 5.93. The quantitative estimate of drug-likeness (QED) is 0.750. The molecule has 2 atom stereocenters. The van der Waals surface area contributed by atoms with E-state index in [9.17, 15) is 9.59 Å². The molecule has 0 radical (unpaired) electrons. The first-order chi connectivity index (χ1) is 10.1. The summed E-state index contributed by atoms with van der Waals surface area (Å²) >= 11 is 0. The number of likely N-dealkylation sites (N-methyl/N-ethyl adjacent to an activating group) is 1. The maximum atomic E-state index is 12.2. The molecule has 0 saturated heterocycles. The predicted octanol–water partition coefficient (Wildman–Crippen LogP) is 0.877. The zero-order valence-corrected chi connectivity index (χ0v) is 12.1. The van der Waals surface area contributed by atoms with E-state index in [0.717, 1.165) is 19.3 Å². The standard InChI is InChI=1S/C15H21N3O3/c1-17-14(19)9-21-11-5-2-4-10(8-11)18-15(20)12-6-3-7-13(12)16/h2,4-5,8,12-13H,3,6-7,9,16H2,1H3,(H,17,19)(H,18,20). The molecule has 1 saturated carbocycles. The predicted molar refractivity (Wildman–Crippen MR) is 79.9 cm³/mol. The van der Waals surface area contributed by atoms with Crippen molar-refractivity contribution in [2.24, 2.45) is 11.7 Å². The van der Waals surface area contributed by atoms with Gasteiger partial charge in [-0.3, -0.25) is 9.59 Å². The number of anilines is 1. The minimum atomic E-state index is -0.207. The number of benzene rings is 1. The molecule has 1 fully saturated rings. The molecule has 1 aliphatic carbocycles. The highest BCUT2D eigenvalue weighted by atomic mass is 16.5. The second kappa shape index (κ2) is 7.08. The molecule has 0 heterocycles. The monoisotopic (exact) mass is 291 g/mol. The zero-order chi connectivity index (χ0) is 15.2. The lowest BCUT2D eigenvalue weighted by Gasteiger charge is -2.15. The lowest BCUT2D eigenvalue weighted by Crippen LogP contribution is -2.34. The van der Waals surface area contributed by atoms with Gasteiger partial charge in [0, 0.05) is 24.8 Å². The molecule has 0 bridgehead atoms. The van der Waals surface area contributed by atoms with Gasteiger partial charge in [-0.15, -0.1) is 0 Å². The van der Waals surface area contributed by atoms with Crippen LogP contribution in [0.15, 0.2) is 24.3 Å². The topological polar surface area (TPSA) is 93.5 Å². The first-order valence-electron chi connectivity index (χ1n) is 7.10. The summed E-state index contributed by atoms with van der Waals surface area (Å²) in [7, 11) is 1.55. The number of hydrogen-bond donors (Lipinski definition) is 3. The van der Waals surface area contributed by atoms with Crippen LogP contribution in [0.1, 0.15) is 19.3 Å². The Kier molecular flexibility index (Phi) is 5.16. The van der Waals surface area contributed by atoms with Crippen molar-refractivity contribution in [2.75, 3.05) is 19.0 Å². The smallest absolute Gasteiger partial charge is 0.257 e. The van der Waals surface area contributed by atoms with E-state index in [4.69, 9.17) is 10.5 Å². The van der Waals surface area contributed by atoms with E-state index in [2.05, 4.69) is 10.6 Å². The SMILES string of the molecule is CNC(=O)COc1cccc(NC(=O)C2CCCC2N)c1. The minimum Gasteiger partial charge on any atom is -0.484 e. The van der Waals surface area contributed by atoms with Gasteiger partial charge in [0.2, 0.25) is 5.91 Å². The van der Waals surface area contributed by atoms with E-state index < -0.39 is 0 Å². The molecule has 2 amide bonds. The van der Waals surface area contributed by atoms with Crippen LogP contribution in [0.25, 0.3) is 0 Å². The molecule has 2 rings (SSSR count). The molecule has 6 nitrogen and oxygen atoms in total. The average Bonchev–Trinajstić information content (AvgIpc) is 2.91. The van der Waals surface area contributed by atoms with E-state index in [1.54, 1.807) is 31.3 Å². The largest absolute Gasteiger partial charge is 0.484 e. The summed E-state index contributed by atoms with van der Waals surface area (Å²) < 4.78 is 5.34. The first kappa shape index (κ1) is 15.3. The van der Waals surface area contributed by atoms with Gasteiger partial charge in [-0.05, 0) is 25.0 Å².